The molecule has 10 rings (SSSR count). The van der Waals surface area contributed by atoms with Gasteiger partial charge in [-0.25, -0.2) is 19.5 Å². The molecule has 0 atom stereocenters. The van der Waals surface area contributed by atoms with Gasteiger partial charge in [-0.05, 0) is 51.1 Å². The maximum Gasteiger partial charge on any atom is 0.238 e. The van der Waals surface area contributed by atoms with Gasteiger partial charge < -0.3 is 0 Å². The largest absolute Gasteiger partial charge is 0.276 e. The summed E-state index contributed by atoms with van der Waals surface area (Å²) >= 11 is 0. The maximum atomic E-state index is 5.40. The van der Waals surface area contributed by atoms with Crippen molar-refractivity contribution < 1.29 is 0 Å². The van der Waals surface area contributed by atoms with Crippen LogP contribution in [-0.2, 0) is 0 Å². The van der Waals surface area contributed by atoms with E-state index in [0.29, 0.717) is 5.95 Å². The van der Waals surface area contributed by atoms with Crippen LogP contribution in [0.5, 0.6) is 0 Å². The first-order valence-electron chi connectivity index (χ1n) is 17.9. The van der Waals surface area contributed by atoms with Crippen LogP contribution in [0, 0.1) is 0 Å². The van der Waals surface area contributed by atoms with Crippen molar-refractivity contribution in [2.75, 3.05) is 0 Å². The molecule has 0 radical (unpaired) electrons. The first-order chi connectivity index (χ1) is 26.3. The molecule has 0 fully saturated rings. The normalized spacial score (nSPS) is 11.8. The van der Waals surface area contributed by atoms with Gasteiger partial charge in [0, 0.05) is 11.1 Å². The molecule has 0 saturated heterocycles. The van der Waals surface area contributed by atoms with Crippen LogP contribution in [0.1, 0.15) is 0 Å². The standard InChI is InChI=1S/C47H33N5Si/c1-5-18-34(19-6-1)41-33-42(49-46(48-41)52-45-31-16-15-30-44(45)51-43-29-14-13-28-40(43)50-47(51)52)35-20-17-27-39(32-35)53(36-21-7-2-8-22-36,37-23-9-3-10-24-37)38-25-11-4-12-26-38/h1-33H. The van der Waals surface area contributed by atoms with Crippen molar-refractivity contribution in [3.05, 3.63) is 200 Å². The van der Waals surface area contributed by atoms with Crippen LogP contribution < -0.4 is 20.7 Å². The minimum absolute atomic E-state index is 0.575. The van der Waals surface area contributed by atoms with Gasteiger partial charge in [0.2, 0.25) is 11.7 Å². The average Bonchev–Trinajstić information content (AvgIpc) is 3.77. The van der Waals surface area contributed by atoms with Gasteiger partial charge in [-0.3, -0.25) is 4.40 Å². The van der Waals surface area contributed by atoms with Crippen molar-refractivity contribution in [1.82, 2.24) is 23.9 Å². The molecule has 10 aromatic rings. The first-order valence-corrected chi connectivity index (χ1v) is 19.9. The summed E-state index contributed by atoms with van der Waals surface area (Å²) in [5, 5.41) is 5.27. The van der Waals surface area contributed by atoms with E-state index in [1.54, 1.807) is 0 Å². The Labute approximate surface area is 308 Å². The molecule has 3 aromatic heterocycles. The van der Waals surface area contributed by atoms with Gasteiger partial charge in [-0.2, -0.15) is 0 Å². The quantitative estimate of drug-likeness (QED) is 0.126. The molecule has 6 heteroatoms. The highest BCUT2D eigenvalue weighted by Gasteiger charge is 2.41. The number of aromatic nitrogens is 5. The van der Waals surface area contributed by atoms with Crippen LogP contribution in [0.15, 0.2) is 200 Å². The van der Waals surface area contributed by atoms with E-state index in [9.17, 15) is 0 Å². The number of fused-ring (bicyclic) bond motifs is 5. The van der Waals surface area contributed by atoms with E-state index in [-0.39, 0.29) is 0 Å². The number of nitrogens with zero attached hydrogens (tertiary/aromatic N) is 5. The summed E-state index contributed by atoms with van der Waals surface area (Å²) in [4.78, 5) is 15.8. The van der Waals surface area contributed by atoms with Gasteiger partial charge in [0.05, 0.1) is 33.5 Å². The molecule has 0 aliphatic rings. The second-order valence-electron chi connectivity index (χ2n) is 13.3. The Balaban J connectivity index is 1.25. The topological polar surface area (TPSA) is 48.0 Å². The summed E-state index contributed by atoms with van der Waals surface area (Å²) in [6, 6.07) is 71.3. The van der Waals surface area contributed by atoms with Crippen LogP contribution in [0.4, 0.5) is 0 Å². The number of hydrogen-bond donors (Lipinski definition) is 0. The SMILES string of the molecule is c1ccc(-c2cc(-c3cccc([Si](c4ccccc4)(c4ccccc4)c4ccccc4)c3)nc(-n3c4ccccc4n4c5ccccc5nc34)n2)cc1. The number of para-hydroxylation sites is 4. The van der Waals surface area contributed by atoms with E-state index >= 15 is 0 Å². The fraction of sp³-hybridized carbons (Fsp3) is 0. The Morgan fingerprint density at radius 2 is 0.830 bits per heavy atom. The smallest absolute Gasteiger partial charge is 0.238 e. The summed E-state index contributed by atoms with van der Waals surface area (Å²) < 4.78 is 4.31. The van der Waals surface area contributed by atoms with E-state index in [2.05, 4.69) is 197 Å². The van der Waals surface area contributed by atoms with Gasteiger partial charge >= 0.3 is 0 Å². The van der Waals surface area contributed by atoms with E-state index < -0.39 is 8.07 Å². The average molecular weight is 696 g/mol. The Morgan fingerprint density at radius 1 is 0.358 bits per heavy atom. The highest BCUT2D eigenvalue weighted by atomic mass is 28.3. The van der Waals surface area contributed by atoms with Gasteiger partial charge in [0.1, 0.15) is 0 Å². The molecule has 0 amide bonds. The fourth-order valence-electron chi connectivity index (χ4n) is 7.96. The monoisotopic (exact) mass is 695 g/mol. The summed E-state index contributed by atoms with van der Waals surface area (Å²) in [5.74, 6) is 1.35. The lowest BCUT2D eigenvalue weighted by Crippen LogP contribution is -2.74. The number of hydrogen-bond acceptors (Lipinski definition) is 3. The van der Waals surface area contributed by atoms with Gasteiger partial charge in [-0.1, -0.05) is 170 Å². The zero-order chi connectivity index (χ0) is 35.2. The lowest BCUT2D eigenvalue weighted by molar-refractivity contribution is 0.972. The molecule has 0 aliphatic heterocycles. The Morgan fingerprint density at radius 3 is 1.45 bits per heavy atom. The first kappa shape index (κ1) is 30.9. The molecule has 0 spiro atoms. The molecule has 7 aromatic carbocycles. The molecular weight excluding hydrogens is 663 g/mol. The fourth-order valence-corrected chi connectivity index (χ4v) is 12.8. The lowest BCUT2D eigenvalue weighted by Gasteiger charge is -2.34. The van der Waals surface area contributed by atoms with Crippen molar-refractivity contribution in [2.45, 2.75) is 0 Å². The third-order valence-corrected chi connectivity index (χ3v) is 15.1. The molecular formula is C47H33N5Si. The summed E-state index contributed by atoms with van der Waals surface area (Å²) in [5.41, 5.74) is 7.78. The van der Waals surface area contributed by atoms with Gasteiger partial charge in [-0.15, -0.1) is 0 Å². The molecule has 3 heterocycles. The Bertz CT molecular complexity index is 2790. The van der Waals surface area contributed by atoms with Crippen molar-refractivity contribution in [1.29, 1.82) is 0 Å². The van der Waals surface area contributed by atoms with Crippen molar-refractivity contribution in [3.8, 4) is 28.5 Å². The molecule has 0 saturated carbocycles. The summed E-state index contributed by atoms with van der Waals surface area (Å²) in [6.07, 6.45) is 0. The van der Waals surface area contributed by atoms with Gasteiger partial charge in [0.25, 0.3) is 0 Å². The maximum absolute atomic E-state index is 5.40. The molecule has 250 valence electrons. The van der Waals surface area contributed by atoms with E-state index in [0.717, 1.165) is 50.4 Å². The third kappa shape index (κ3) is 5.03. The molecule has 0 aliphatic carbocycles. The van der Waals surface area contributed by atoms with Crippen LogP contribution in [0.2, 0.25) is 0 Å². The summed E-state index contributed by atoms with van der Waals surface area (Å²) in [6.45, 7) is 0. The number of benzene rings is 7. The number of rotatable bonds is 7. The number of imidazole rings is 2. The van der Waals surface area contributed by atoms with Crippen LogP contribution in [0.25, 0.3) is 56.3 Å². The predicted molar refractivity (Wildman–Crippen MR) is 220 cm³/mol. The Hall–Kier alpha value is -6.89. The van der Waals surface area contributed by atoms with Crippen molar-refractivity contribution >= 4 is 56.7 Å². The highest BCUT2D eigenvalue weighted by molar-refractivity contribution is 7.19. The van der Waals surface area contributed by atoms with Crippen LogP contribution in [-0.4, -0.2) is 32.0 Å². The molecule has 53 heavy (non-hydrogen) atoms. The molecule has 5 nitrogen and oxygen atoms in total. The van der Waals surface area contributed by atoms with Gasteiger partial charge in [0.15, 0.2) is 8.07 Å². The van der Waals surface area contributed by atoms with E-state index in [1.165, 1.54) is 20.7 Å². The second kappa shape index (κ2) is 12.7. The molecule has 0 unspecified atom stereocenters. The van der Waals surface area contributed by atoms with E-state index in [4.69, 9.17) is 15.0 Å². The minimum Gasteiger partial charge on any atom is -0.276 e. The summed E-state index contributed by atoms with van der Waals surface area (Å²) in [7, 11) is -2.76. The molecule has 0 bridgehead atoms. The van der Waals surface area contributed by atoms with E-state index in [1.807, 2.05) is 12.1 Å². The Kier molecular flexibility index (Phi) is 7.41. The predicted octanol–water partition coefficient (Wildman–Crippen LogP) is 7.93. The third-order valence-electron chi connectivity index (χ3n) is 10.3. The van der Waals surface area contributed by atoms with Crippen molar-refractivity contribution in [3.63, 3.8) is 0 Å². The lowest BCUT2D eigenvalue weighted by atomic mass is 10.1. The second-order valence-corrected chi connectivity index (χ2v) is 17.1. The zero-order valence-electron chi connectivity index (χ0n) is 28.8. The van der Waals surface area contributed by atoms with Crippen LogP contribution in [0.3, 0.4) is 0 Å². The zero-order valence-corrected chi connectivity index (χ0v) is 29.8. The minimum atomic E-state index is -2.76. The van der Waals surface area contributed by atoms with Crippen LogP contribution >= 0.6 is 0 Å². The molecule has 0 N–H and O–H groups in total. The van der Waals surface area contributed by atoms with Crippen molar-refractivity contribution in [2.24, 2.45) is 0 Å². The highest BCUT2D eigenvalue weighted by Crippen LogP contribution is 2.31.